The van der Waals surface area contributed by atoms with Crippen LogP contribution in [0.1, 0.15) is 32.6 Å². The topological polar surface area (TPSA) is 3.24 Å². The van der Waals surface area contributed by atoms with Crippen molar-refractivity contribution in [2.24, 2.45) is 0 Å². The van der Waals surface area contributed by atoms with Gasteiger partial charge in [-0.3, -0.25) is 0 Å². The Bertz CT molecular complexity index is 138. The molecule has 64 valence electrons. The Labute approximate surface area is 70.1 Å². The third-order valence-electron chi connectivity index (χ3n) is 2.35. The van der Waals surface area contributed by atoms with Gasteiger partial charge in [-0.25, -0.2) is 0 Å². The van der Waals surface area contributed by atoms with Crippen molar-refractivity contribution in [3.63, 3.8) is 0 Å². The van der Waals surface area contributed by atoms with Gasteiger partial charge in [0.05, 0.1) is 0 Å². The molecule has 1 aliphatic heterocycles. The average Bonchev–Trinajstić information content (AvgIpc) is 2.17. The second kappa shape index (κ2) is 4.55. The zero-order chi connectivity index (χ0) is 8.10. The standard InChI is InChI=1S/C10H19N/c1-3-5-10-6-4-8-11(2)9-7-10/h5H,3-4,6-9H2,1-2H3/b10-5-. The van der Waals surface area contributed by atoms with Gasteiger partial charge in [-0.05, 0) is 39.3 Å². The van der Waals surface area contributed by atoms with E-state index in [9.17, 15) is 0 Å². The van der Waals surface area contributed by atoms with E-state index >= 15 is 0 Å². The van der Waals surface area contributed by atoms with Crippen molar-refractivity contribution >= 4 is 0 Å². The van der Waals surface area contributed by atoms with E-state index in [1.165, 1.54) is 38.8 Å². The quantitative estimate of drug-likeness (QED) is 0.523. The van der Waals surface area contributed by atoms with Gasteiger partial charge >= 0.3 is 0 Å². The van der Waals surface area contributed by atoms with Gasteiger partial charge in [0.15, 0.2) is 0 Å². The Hall–Kier alpha value is -0.300. The molecule has 1 fully saturated rings. The fraction of sp³-hybridized carbons (Fsp3) is 0.800. The summed E-state index contributed by atoms with van der Waals surface area (Å²) in [5, 5.41) is 0. The van der Waals surface area contributed by atoms with Crippen molar-refractivity contribution in [3.8, 4) is 0 Å². The van der Waals surface area contributed by atoms with E-state index in [0.29, 0.717) is 0 Å². The Morgan fingerprint density at radius 1 is 1.36 bits per heavy atom. The van der Waals surface area contributed by atoms with Crippen LogP contribution in [0, 0.1) is 0 Å². The van der Waals surface area contributed by atoms with Crippen LogP contribution >= 0.6 is 0 Å². The molecule has 0 atom stereocenters. The highest BCUT2D eigenvalue weighted by Crippen LogP contribution is 2.15. The molecule has 1 saturated heterocycles. The zero-order valence-electron chi connectivity index (χ0n) is 7.77. The Kier molecular flexibility index (Phi) is 3.64. The van der Waals surface area contributed by atoms with Crippen molar-refractivity contribution in [3.05, 3.63) is 11.6 Å². The summed E-state index contributed by atoms with van der Waals surface area (Å²) >= 11 is 0. The first-order chi connectivity index (χ1) is 5.33. The first kappa shape index (κ1) is 8.79. The van der Waals surface area contributed by atoms with Gasteiger partial charge in [0.25, 0.3) is 0 Å². The normalized spacial score (nSPS) is 25.5. The van der Waals surface area contributed by atoms with Gasteiger partial charge in [0.1, 0.15) is 0 Å². The largest absolute Gasteiger partial charge is 0.306 e. The smallest absolute Gasteiger partial charge is 0.00155 e. The third kappa shape index (κ3) is 3.06. The molecular weight excluding hydrogens is 134 g/mol. The summed E-state index contributed by atoms with van der Waals surface area (Å²) in [5.74, 6) is 0. The second-order valence-corrected chi connectivity index (χ2v) is 3.43. The summed E-state index contributed by atoms with van der Waals surface area (Å²) in [4.78, 5) is 2.43. The van der Waals surface area contributed by atoms with Crippen LogP contribution in [-0.4, -0.2) is 25.0 Å². The molecule has 0 aromatic carbocycles. The van der Waals surface area contributed by atoms with Gasteiger partial charge in [-0.15, -0.1) is 0 Å². The van der Waals surface area contributed by atoms with Crippen molar-refractivity contribution in [1.29, 1.82) is 0 Å². The molecule has 0 amide bonds. The molecule has 1 heteroatoms. The van der Waals surface area contributed by atoms with E-state index < -0.39 is 0 Å². The molecule has 0 aliphatic carbocycles. The SMILES string of the molecule is CC/C=C1/CCCN(C)CC1. The van der Waals surface area contributed by atoms with Crippen molar-refractivity contribution in [2.75, 3.05) is 20.1 Å². The fourth-order valence-corrected chi connectivity index (χ4v) is 1.64. The van der Waals surface area contributed by atoms with Crippen LogP contribution in [-0.2, 0) is 0 Å². The molecule has 0 saturated carbocycles. The fourth-order valence-electron chi connectivity index (χ4n) is 1.64. The molecule has 0 aromatic rings. The summed E-state index contributed by atoms with van der Waals surface area (Å²) in [6.07, 6.45) is 7.59. The maximum absolute atomic E-state index is 2.43. The molecule has 0 spiro atoms. The van der Waals surface area contributed by atoms with Gasteiger partial charge in [-0.2, -0.15) is 0 Å². The van der Waals surface area contributed by atoms with Crippen LogP contribution in [0.3, 0.4) is 0 Å². The Balaban J connectivity index is 2.40. The van der Waals surface area contributed by atoms with Crippen molar-refractivity contribution < 1.29 is 0 Å². The molecular formula is C10H19N. The first-order valence-electron chi connectivity index (χ1n) is 4.69. The van der Waals surface area contributed by atoms with Gasteiger partial charge in [-0.1, -0.05) is 18.6 Å². The maximum atomic E-state index is 2.43. The van der Waals surface area contributed by atoms with Crippen LogP contribution < -0.4 is 0 Å². The van der Waals surface area contributed by atoms with Crippen LogP contribution in [0.4, 0.5) is 0 Å². The minimum atomic E-state index is 1.21. The molecule has 1 aliphatic rings. The molecule has 1 rings (SSSR count). The lowest BCUT2D eigenvalue weighted by Gasteiger charge is -2.10. The number of hydrogen-bond acceptors (Lipinski definition) is 1. The van der Waals surface area contributed by atoms with Crippen molar-refractivity contribution in [1.82, 2.24) is 4.90 Å². The molecule has 1 nitrogen and oxygen atoms in total. The maximum Gasteiger partial charge on any atom is 0.00155 e. The lowest BCUT2D eigenvalue weighted by molar-refractivity contribution is 0.351. The number of allylic oxidation sites excluding steroid dienone is 1. The number of nitrogens with zero attached hydrogens (tertiary/aromatic N) is 1. The van der Waals surface area contributed by atoms with Gasteiger partial charge < -0.3 is 4.90 Å². The second-order valence-electron chi connectivity index (χ2n) is 3.43. The molecule has 0 bridgehead atoms. The number of rotatable bonds is 1. The van der Waals surface area contributed by atoms with Crippen LogP contribution in [0.15, 0.2) is 11.6 Å². The van der Waals surface area contributed by atoms with E-state index in [-0.39, 0.29) is 0 Å². The third-order valence-corrected chi connectivity index (χ3v) is 2.35. The number of likely N-dealkylation sites (tertiary alicyclic amines) is 1. The Morgan fingerprint density at radius 2 is 2.18 bits per heavy atom. The molecule has 11 heavy (non-hydrogen) atoms. The number of hydrogen-bond donors (Lipinski definition) is 0. The first-order valence-corrected chi connectivity index (χ1v) is 4.69. The van der Waals surface area contributed by atoms with Crippen LogP contribution in [0.25, 0.3) is 0 Å². The molecule has 0 radical (unpaired) electrons. The lowest BCUT2D eigenvalue weighted by Crippen LogP contribution is -2.18. The predicted octanol–water partition coefficient (Wildman–Crippen LogP) is 2.44. The average molecular weight is 153 g/mol. The van der Waals surface area contributed by atoms with Gasteiger partial charge in [0.2, 0.25) is 0 Å². The summed E-state index contributed by atoms with van der Waals surface area (Å²) in [6.45, 7) is 4.76. The van der Waals surface area contributed by atoms with Crippen molar-refractivity contribution in [2.45, 2.75) is 32.6 Å². The Morgan fingerprint density at radius 3 is 2.91 bits per heavy atom. The molecule has 0 aromatic heterocycles. The van der Waals surface area contributed by atoms with E-state index in [4.69, 9.17) is 0 Å². The minimum Gasteiger partial charge on any atom is -0.306 e. The van der Waals surface area contributed by atoms with E-state index in [0.717, 1.165) is 0 Å². The lowest BCUT2D eigenvalue weighted by atomic mass is 10.1. The highest BCUT2D eigenvalue weighted by molar-refractivity contribution is 5.03. The zero-order valence-corrected chi connectivity index (χ0v) is 7.77. The molecule has 1 heterocycles. The summed E-state index contributed by atoms with van der Waals surface area (Å²) in [6, 6.07) is 0. The van der Waals surface area contributed by atoms with E-state index in [2.05, 4.69) is 24.9 Å². The van der Waals surface area contributed by atoms with Gasteiger partial charge in [0, 0.05) is 6.54 Å². The molecule has 0 unspecified atom stereocenters. The monoisotopic (exact) mass is 153 g/mol. The van der Waals surface area contributed by atoms with E-state index in [1.54, 1.807) is 5.57 Å². The summed E-state index contributed by atoms with van der Waals surface area (Å²) in [7, 11) is 2.22. The highest BCUT2D eigenvalue weighted by atomic mass is 15.1. The molecule has 0 N–H and O–H groups in total. The van der Waals surface area contributed by atoms with Crippen LogP contribution in [0.5, 0.6) is 0 Å². The minimum absolute atomic E-state index is 1.21. The van der Waals surface area contributed by atoms with E-state index in [1.807, 2.05) is 0 Å². The summed E-state index contributed by atoms with van der Waals surface area (Å²) in [5.41, 5.74) is 1.68. The highest BCUT2D eigenvalue weighted by Gasteiger charge is 2.06. The summed E-state index contributed by atoms with van der Waals surface area (Å²) < 4.78 is 0. The predicted molar refractivity (Wildman–Crippen MR) is 49.7 cm³/mol. The van der Waals surface area contributed by atoms with Crippen LogP contribution in [0.2, 0.25) is 0 Å².